The summed E-state index contributed by atoms with van der Waals surface area (Å²) in [6.07, 6.45) is 0. The summed E-state index contributed by atoms with van der Waals surface area (Å²) in [6, 6.07) is 32.4. The number of nitrogens with zero attached hydrogens (tertiary/aromatic N) is 2. The highest BCUT2D eigenvalue weighted by atomic mass is 32.2. The van der Waals surface area contributed by atoms with Crippen molar-refractivity contribution in [3.05, 3.63) is 142 Å². The third-order valence-corrected chi connectivity index (χ3v) is 7.26. The lowest BCUT2D eigenvalue weighted by molar-refractivity contribution is 0.0971. The van der Waals surface area contributed by atoms with E-state index in [1.807, 2.05) is 30.3 Å². The van der Waals surface area contributed by atoms with E-state index >= 15 is 0 Å². The molecule has 0 fully saturated rings. The van der Waals surface area contributed by atoms with Crippen LogP contribution in [0.5, 0.6) is 11.5 Å². The van der Waals surface area contributed by atoms with Crippen molar-refractivity contribution in [2.75, 3.05) is 0 Å². The number of Topliss-reactive ketones (excluding diaryl/α,β-unsaturated/α-hetero) is 1. The van der Waals surface area contributed by atoms with Gasteiger partial charge in [-0.3, -0.25) is 4.79 Å². The molecule has 2 atom stereocenters. The number of fused-ring (bicyclic) bond motifs is 2. The minimum Gasteiger partial charge on any atom is -0.740 e. The lowest BCUT2D eigenvalue weighted by Crippen LogP contribution is -2.21. The van der Waals surface area contributed by atoms with Crippen LogP contribution in [0.3, 0.4) is 0 Å². The molecule has 6 rings (SSSR count). The van der Waals surface area contributed by atoms with Crippen molar-refractivity contribution in [2.24, 2.45) is 10.2 Å². The maximum Gasteiger partial charge on any atom is 0.344 e. The van der Waals surface area contributed by atoms with Gasteiger partial charge in [-0.25, -0.2) is 9.00 Å². The van der Waals surface area contributed by atoms with Crippen LogP contribution in [-0.4, -0.2) is 19.7 Å². The summed E-state index contributed by atoms with van der Waals surface area (Å²) in [4.78, 5) is 27.4. The van der Waals surface area contributed by atoms with E-state index in [2.05, 4.69) is 10.2 Å². The van der Waals surface area contributed by atoms with Crippen molar-refractivity contribution >= 4 is 50.3 Å². The molecule has 0 bridgehead atoms. The summed E-state index contributed by atoms with van der Waals surface area (Å²) < 4.78 is 33.6. The second kappa shape index (κ2) is 11.8. The molecular formula is C33H21N2O7S-. The lowest BCUT2D eigenvalue weighted by Gasteiger charge is -2.18. The molecule has 10 heteroatoms. The summed E-state index contributed by atoms with van der Waals surface area (Å²) in [7, 11) is 0. The van der Waals surface area contributed by atoms with Gasteiger partial charge in [-0.1, -0.05) is 97.1 Å². The van der Waals surface area contributed by atoms with E-state index in [9.17, 15) is 23.5 Å². The van der Waals surface area contributed by atoms with E-state index < -0.39 is 34.4 Å². The summed E-state index contributed by atoms with van der Waals surface area (Å²) >= 11 is -2.99. The fourth-order valence-electron chi connectivity index (χ4n) is 4.99. The summed E-state index contributed by atoms with van der Waals surface area (Å²) in [5, 5.41) is 21.7. The number of azo groups is 1. The van der Waals surface area contributed by atoms with Crippen molar-refractivity contribution < 1.29 is 27.3 Å². The van der Waals surface area contributed by atoms with Crippen LogP contribution in [0.1, 0.15) is 27.4 Å². The van der Waals surface area contributed by atoms with Gasteiger partial charge in [-0.15, -0.1) is 10.2 Å². The van der Waals surface area contributed by atoms with E-state index in [1.54, 1.807) is 72.8 Å². The van der Waals surface area contributed by atoms with Gasteiger partial charge in [0.2, 0.25) is 0 Å². The van der Waals surface area contributed by atoms with Gasteiger partial charge < -0.3 is 18.3 Å². The molecule has 0 amide bonds. The number of carbonyl (C=O) groups is 1. The average molecular weight is 590 g/mol. The first-order valence-corrected chi connectivity index (χ1v) is 14.1. The summed E-state index contributed by atoms with van der Waals surface area (Å²) in [5.41, 5.74) is -0.519. The highest BCUT2D eigenvalue weighted by molar-refractivity contribution is 7.74. The van der Waals surface area contributed by atoms with Crippen LogP contribution >= 0.6 is 0 Å². The van der Waals surface area contributed by atoms with E-state index in [0.29, 0.717) is 16.8 Å². The van der Waals surface area contributed by atoms with Crippen molar-refractivity contribution in [3.8, 4) is 11.5 Å². The maximum atomic E-state index is 13.8. The standard InChI is InChI=1S/C33H22N2O7S/c36-30(22-13-5-2-6-14-22)27(21-11-3-1-4-12-21)28-31(37)24-18-19-26(42-43(39)40)29(32(24)41-33(28)38)35-34-25-17-9-15-20-10-7-8-16-23(20)25/h1-19,27,37H,(H,39,40)/p-1. The third kappa shape index (κ3) is 5.44. The number of ketones is 1. The lowest BCUT2D eigenvalue weighted by atomic mass is 9.84. The Bertz CT molecular complexity index is 2090. The van der Waals surface area contributed by atoms with Crippen molar-refractivity contribution in [1.29, 1.82) is 0 Å². The molecule has 0 spiro atoms. The zero-order valence-corrected chi connectivity index (χ0v) is 23.1. The predicted octanol–water partition coefficient (Wildman–Crippen LogP) is 7.25. The highest BCUT2D eigenvalue weighted by Gasteiger charge is 2.32. The zero-order chi connectivity index (χ0) is 29.9. The van der Waals surface area contributed by atoms with Crippen LogP contribution in [0, 0.1) is 0 Å². The number of rotatable bonds is 8. The minimum absolute atomic E-state index is 0.00675. The molecule has 2 unspecified atom stereocenters. The second-order valence-electron chi connectivity index (χ2n) is 9.50. The predicted molar refractivity (Wildman–Crippen MR) is 161 cm³/mol. The quantitative estimate of drug-likeness (QED) is 0.0852. The Morgan fingerprint density at radius 3 is 2.23 bits per heavy atom. The van der Waals surface area contributed by atoms with Crippen LogP contribution in [-0.2, 0) is 11.4 Å². The van der Waals surface area contributed by atoms with Crippen LogP contribution in [0.2, 0.25) is 0 Å². The first-order valence-electron chi connectivity index (χ1n) is 13.1. The Hall–Kier alpha value is -5.45. The molecule has 0 saturated heterocycles. The van der Waals surface area contributed by atoms with Crippen molar-refractivity contribution in [2.45, 2.75) is 5.92 Å². The molecule has 0 aliphatic heterocycles. The molecule has 0 aliphatic rings. The van der Waals surface area contributed by atoms with E-state index in [4.69, 9.17) is 8.60 Å². The molecule has 43 heavy (non-hydrogen) atoms. The molecule has 1 heterocycles. The van der Waals surface area contributed by atoms with Crippen LogP contribution in [0.25, 0.3) is 21.7 Å². The van der Waals surface area contributed by atoms with Crippen LogP contribution in [0.4, 0.5) is 11.4 Å². The van der Waals surface area contributed by atoms with E-state index in [1.165, 1.54) is 12.1 Å². The molecule has 0 aliphatic carbocycles. The number of aromatic hydroxyl groups is 1. The van der Waals surface area contributed by atoms with Gasteiger partial charge >= 0.3 is 5.63 Å². The average Bonchev–Trinajstić information content (AvgIpc) is 3.03. The minimum atomic E-state index is -2.99. The van der Waals surface area contributed by atoms with Crippen LogP contribution < -0.4 is 9.81 Å². The van der Waals surface area contributed by atoms with Gasteiger partial charge in [0.05, 0.1) is 22.6 Å². The Morgan fingerprint density at radius 1 is 0.814 bits per heavy atom. The second-order valence-corrected chi connectivity index (χ2v) is 10.1. The number of hydrogen-bond acceptors (Lipinski definition) is 9. The van der Waals surface area contributed by atoms with Gasteiger partial charge in [0.1, 0.15) is 17.1 Å². The Kier molecular flexibility index (Phi) is 7.61. The number of benzene rings is 5. The first kappa shape index (κ1) is 27.7. The molecule has 9 nitrogen and oxygen atoms in total. The number of carbonyl (C=O) groups excluding carboxylic acids is 1. The largest absolute Gasteiger partial charge is 0.740 e. The SMILES string of the molecule is O=C(c1ccccc1)C(c1ccccc1)c1c(O)c2ccc(OS(=O)[O-])c(N=Nc3cccc4ccccc34)c2oc1=O. The smallest absolute Gasteiger partial charge is 0.344 e. The molecular weight excluding hydrogens is 568 g/mol. The molecule has 1 aromatic heterocycles. The third-order valence-electron chi connectivity index (χ3n) is 6.94. The van der Waals surface area contributed by atoms with Gasteiger partial charge in [0.15, 0.2) is 22.8 Å². The van der Waals surface area contributed by atoms with Crippen molar-refractivity contribution in [1.82, 2.24) is 0 Å². The zero-order valence-electron chi connectivity index (χ0n) is 22.2. The molecule has 212 valence electrons. The van der Waals surface area contributed by atoms with Crippen LogP contribution in [0.15, 0.2) is 135 Å². The topological polar surface area (TPSA) is 142 Å². The fourth-order valence-corrected chi connectivity index (χ4v) is 5.27. The molecule has 5 aromatic carbocycles. The maximum absolute atomic E-state index is 13.8. The Morgan fingerprint density at radius 2 is 1.49 bits per heavy atom. The van der Waals surface area contributed by atoms with Crippen molar-refractivity contribution in [3.63, 3.8) is 0 Å². The molecule has 0 radical (unpaired) electrons. The first-order chi connectivity index (χ1) is 20.9. The fraction of sp³-hybridized carbons (Fsp3) is 0.0303. The van der Waals surface area contributed by atoms with Gasteiger partial charge in [0.25, 0.3) is 0 Å². The van der Waals surface area contributed by atoms with Gasteiger partial charge in [-0.05, 0) is 29.1 Å². The van der Waals surface area contributed by atoms with Gasteiger partial charge in [-0.2, -0.15) is 0 Å². The van der Waals surface area contributed by atoms with E-state index in [-0.39, 0.29) is 28.0 Å². The number of hydrogen-bond donors (Lipinski definition) is 1. The molecule has 1 N–H and O–H groups in total. The Balaban J connectivity index is 1.56. The summed E-state index contributed by atoms with van der Waals surface area (Å²) in [6.45, 7) is 0. The normalized spacial score (nSPS) is 12.9. The molecule has 6 aromatic rings. The Labute approximate surface area is 247 Å². The summed E-state index contributed by atoms with van der Waals surface area (Å²) in [5.74, 6) is -2.41. The monoisotopic (exact) mass is 589 g/mol. The van der Waals surface area contributed by atoms with E-state index in [0.717, 1.165) is 10.8 Å². The highest BCUT2D eigenvalue weighted by Crippen LogP contribution is 2.43. The molecule has 0 saturated carbocycles. The van der Waals surface area contributed by atoms with Gasteiger partial charge in [0, 0.05) is 10.9 Å².